The molecule has 0 saturated heterocycles. The van der Waals surface area contributed by atoms with Gasteiger partial charge in [-0.2, -0.15) is 0 Å². The van der Waals surface area contributed by atoms with Crippen LogP contribution in [-0.2, 0) is 13.2 Å². The van der Waals surface area contributed by atoms with Crippen LogP contribution < -0.4 is 14.8 Å². The van der Waals surface area contributed by atoms with Crippen LogP contribution in [-0.4, -0.2) is 18.1 Å². The van der Waals surface area contributed by atoms with E-state index in [2.05, 4.69) is 38.4 Å². The zero-order valence-corrected chi connectivity index (χ0v) is 17.7. The van der Waals surface area contributed by atoms with E-state index in [0.29, 0.717) is 19.1 Å². The molecule has 0 aliphatic carbocycles. The Balaban J connectivity index is 1.37. The first kappa shape index (κ1) is 20.6. The number of nitrogens with zero attached hydrogens (tertiary/aromatic N) is 1. The van der Waals surface area contributed by atoms with E-state index in [-0.39, 0.29) is 0 Å². The number of benzene rings is 2. The molecule has 3 aromatic rings. The monoisotopic (exact) mass is 460 g/mol. The van der Waals surface area contributed by atoms with Crippen LogP contribution in [0.3, 0.4) is 0 Å². The molecule has 6 heteroatoms. The van der Waals surface area contributed by atoms with E-state index in [1.165, 1.54) is 5.56 Å². The average molecular weight is 462 g/mol. The first-order chi connectivity index (χ1) is 13.7. The second kappa shape index (κ2) is 11.1. The molecule has 0 fully saturated rings. The summed E-state index contributed by atoms with van der Waals surface area (Å²) in [5, 5.41) is 4.15. The standard InChI is InChI=1S/C22H22BrClN2O2/c23-20-14-18(15-25-11-3-13-27-22-4-1-2-12-26-22)7-10-21(20)28-16-17-5-8-19(24)9-6-17/h1-2,4-10,12,14,25H,3,11,13,15-16H2. The zero-order chi connectivity index (χ0) is 19.6. The molecule has 0 bridgehead atoms. The Hall–Kier alpha value is -2.08. The number of rotatable bonds is 10. The highest BCUT2D eigenvalue weighted by atomic mass is 79.9. The maximum atomic E-state index is 5.91. The Morgan fingerprint density at radius 2 is 1.79 bits per heavy atom. The molecule has 4 nitrogen and oxygen atoms in total. The van der Waals surface area contributed by atoms with Gasteiger partial charge in [-0.15, -0.1) is 0 Å². The summed E-state index contributed by atoms with van der Waals surface area (Å²) < 4.78 is 12.4. The third-order valence-corrected chi connectivity index (χ3v) is 4.89. The molecule has 0 saturated carbocycles. The maximum Gasteiger partial charge on any atom is 0.213 e. The topological polar surface area (TPSA) is 43.4 Å². The summed E-state index contributed by atoms with van der Waals surface area (Å²) in [5.41, 5.74) is 2.27. The highest BCUT2D eigenvalue weighted by Crippen LogP contribution is 2.27. The molecule has 1 N–H and O–H groups in total. The molecule has 0 radical (unpaired) electrons. The van der Waals surface area contributed by atoms with Crippen LogP contribution in [0, 0.1) is 0 Å². The molecular formula is C22H22BrClN2O2. The highest BCUT2D eigenvalue weighted by Gasteiger charge is 2.04. The van der Waals surface area contributed by atoms with Crippen LogP contribution in [0.15, 0.2) is 71.3 Å². The van der Waals surface area contributed by atoms with Crippen LogP contribution >= 0.6 is 27.5 Å². The van der Waals surface area contributed by atoms with Crippen molar-refractivity contribution in [3.05, 3.63) is 87.5 Å². The number of pyridine rings is 1. The lowest BCUT2D eigenvalue weighted by Crippen LogP contribution is -2.17. The van der Waals surface area contributed by atoms with Crippen LogP contribution in [0.2, 0.25) is 5.02 Å². The minimum Gasteiger partial charge on any atom is -0.488 e. The highest BCUT2D eigenvalue weighted by molar-refractivity contribution is 9.10. The first-order valence-corrected chi connectivity index (χ1v) is 10.3. The summed E-state index contributed by atoms with van der Waals surface area (Å²) in [6.45, 7) is 2.81. The molecule has 3 rings (SSSR count). The Labute approximate surface area is 179 Å². The smallest absolute Gasteiger partial charge is 0.213 e. The molecular weight excluding hydrogens is 440 g/mol. The van der Waals surface area contributed by atoms with Gasteiger partial charge in [0.15, 0.2) is 0 Å². The number of nitrogens with one attached hydrogen (secondary N) is 1. The molecule has 1 aromatic heterocycles. The van der Waals surface area contributed by atoms with Crippen molar-refractivity contribution >= 4 is 27.5 Å². The summed E-state index contributed by atoms with van der Waals surface area (Å²) in [6, 6.07) is 19.5. The van der Waals surface area contributed by atoms with Crippen molar-refractivity contribution in [1.29, 1.82) is 0 Å². The van der Waals surface area contributed by atoms with E-state index in [9.17, 15) is 0 Å². The third kappa shape index (κ3) is 6.82. The normalized spacial score (nSPS) is 10.6. The Bertz CT molecular complexity index is 860. The van der Waals surface area contributed by atoms with E-state index in [1.54, 1.807) is 6.20 Å². The SMILES string of the molecule is Clc1ccc(COc2ccc(CNCCCOc3ccccn3)cc2Br)cc1. The zero-order valence-electron chi connectivity index (χ0n) is 15.4. The average Bonchev–Trinajstić information content (AvgIpc) is 2.72. The van der Waals surface area contributed by atoms with Crippen molar-refractivity contribution < 1.29 is 9.47 Å². The van der Waals surface area contributed by atoms with Gasteiger partial charge < -0.3 is 14.8 Å². The van der Waals surface area contributed by atoms with Crippen molar-refractivity contribution in [2.24, 2.45) is 0 Å². The molecule has 0 spiro atoms. The molecule has 146 valence electrons. The van der Waals surface area contributed by atoms with Crippen molar-refractivity contribution in [2.75, 3.05) is 13.2 Å². The Morgan fingerprint density at radius 1 is 0.964 bits per heavy atom. The van der Waals surface area contributed by atoms with Crippen LogP contribution in [0.1, 0.15) is 17.5 Å². The summed E-state index contributed by atoms with van der Waals surface area (Å²) in [5.74, 6) is 1.49. The molecule has 0 aliphatic heterocycles. The van der Waals surface area contributed by atoms with Gasteiger partial charge in [-0.3, -0.25) is 0 Å². The molecule has 28 heavy (non-hydrogen) atoms. The lowest BCUT2D eigenvalue weighted by atomic mass is 10.2. The van der Waals surface area contributed by atoms with Gasteiger partial charge in [0.1, 0.15) is 12.4 Å². The molecule has 1 heterocycles. The fraction of sp³-hybridized carbons (Fsp3) is 0.227. The molecule has 0 unspecified atom stereocenters. The van der Waals surface area contributed by atoms with E-state index < -0.39 is 0 Å². The van der Waals surface area contributed by atoms with Gasteiger partial charge in [0.05, 0.1) is 11.1 Å². The van der Waals surface area contributed by atoms with E-state index in [0.717, 1.165) is 40.3 Å². The summed E-state index contributed by atoms with van der Waals surface area (Å²) in [7, 11) is 0. The molecule has 0 aliphatic rings. The quantitative estimate of drug-likeness (QED) is 0.397. The van der Waals surface area contributed by atoms with E-state index in [4.69, 9.17) is 21.1 Å². The van der Waals surface area contributed by atoms with Crippen LogP contribution in [0.5, 0.6) is 11.6 Å². The molecule has 0 atom stereocenters. The summed E-state index contributed by atoms with van der Waals surface area (Å²) >= 11 is 9.50. The molecule has 0 amide bonds. The summed E-state index contributed by atoms with van der Waals surface area (Å²) in [6.07, 6.45) is 2.65. The number of halogens is 2. The van der Waals surface area contributed by atoms with Crippen LogP contribution in [0.25, 0.3) is 0 Å². The van der Waals surface area contributed by atoms with Crippen molar-refractivity contribution in [3.8, 4) is 11.6 Å². The van der Waals surface area contributed by atoms with Crippen LogP contribution in [0.4, 0.5) is 0 Å². The Morgan fingerprint density at radius 3 is 2.54 bits per heavy atom. The first-order valence-electron chi connectivity index (χ1n) is 9.11. The van der Waals surface area contributed by atoms with Crippen molar-refractivity contribution in [1.82, 2.24) is 10.3 Å². The minimum atomic E-state index is 0.504. The number of aromatic nitrogens is 1. The van der Waals surface area contributed by atoms with Gasteiger partial charge in [0.25, 0.3) is 0 Å². The Kier molecular flexibility index (Phi) is 8.15. The van der Waals surface area contributed by atoms with E-state index in [1.807, 2.05) is 48.5 Å². The van der Waals surface area contributed by atoms with Gasteiger partial charge >= 0.3 is 0 Å². The molecule has 2 aromatic carbocycles. The largest absolute Gasteiger partial charge is 0.488 e. The van der Waals surface area contributed by atoms with Gasteiger partial charge in [0, 0.05) is 23.8 Å². The second-order valence-electron chi connectivity index (χ2n) is 6.23. The fourth-order valence-corrected chi connectivity index (χ4v) is 3.22. The van der Waals surface area contributed by atoms with Gasteiger partial charge in [0.2, 0.25) is 5.88 Å². The van der Waals surface area contributed by atoms with Gasteiger partial charge in [-0.1, -0.05) is 35.9 Å². The van der Waals surface area contributed by atoms with Crippen molar-refractivity contribution in [3.63, 3.8) is 0 Å². The van der Waals surface area contributed by atoms with Crippen molar-refractivity contribution in [2.45, 2.75) is 19.6 Å². The van der Waals surface area contributed by atoms with Gasteiger partial charge in [-0.05, 0) is 70.4 Å². The summed E-state index contributed by atoms with van der Waals surface area (Å²) in [4.78, 5) is 4.13. The third-order valence-electron chi connectivity index (χ3n) is 4.02. The predicted octanol–water partition coefficient (Wildman–Crippen LogP) is 5.64. The maximum absolute atomic E-state index is 5.91. The lowest BCUT2D eigenvalue weighted by Gasteiger charge is -2.11. The van der Waals surface area contributed by atoms with Gasteiger partial charge in [-0.25, -0.2) is 4.98 Å². The second-order valence-corrected chi connectivity index (χ2v) is 7.52. The number of hydrogen-bond donors (Lipinski definition) is 1. The minimum absolute atomic E-state index is 0.504. The number of ether oxygens (including phenoxy) is 2. The fourth-order valence-electron chi connectivity index (χ4n) is 2.55. The number of hydrogen-bond acceptors (Lipinski definition) is 4. The predicted molar refractivity (Wildman–Crippen MR) is 116 cm³/mol. The van der Waals surface area contributed by atoms with E-state index >= 15 is 0 Å². The lowest BCUT2D eigenvalue weighted by molar-refractivity contribution is 0.296.